The molecule has 1 N–H and O–H groups in total. The third kappa shape index (κ3) is 4.95. The van der Waals surface area contributed by atoms with Crippen LogP contribution in [-0.4, -0.2) is 33.2 Å². The standard InChI is InChI=1S/C20H21NO5S/c1-27(24,25)18-8-4-7-17(12-18)21-19(22)13-26-20(23)16-10-9-14-5-2-3-6-15(14)11-16/h4,7-12H,2-3,5-6,13H2,1H3,(H,21,22). The Morgan fingerprint density at radius 2 is 1.78 bits per heavy atom. The lowest BCUT2D eigenvalue weighted by Gasteiger charge is -2.16. The first-order valence-corrected chi connectivity index (χ1v) is 10.6. The van der Waals surface area contributed by atoms with Crippen molar-refractivity contribution in [3.8, 4) is 0 Å². The molecule has 27 heavy (non-hydrogen) atoms. The quantitative estimate of drug-likeness (QED) is 0.797. The second-order valence-corrected chi connectivity index (χ2v) is 8.63. The summed E-state index contributed by atoms with van der Waals surface area (Å²) in [6, 6.07) is 11.4. The van der Waals surface area contributed by atoms with E-state index in [-0.39, 0.29) is 4.90 Å². The van der Waals surface area contributed by atoms with Gasteiger partial charge < -0.3 is 10.1 Å². The Hall–Kier alpha value is -2.67. The van der Waals surface area contributed by atoms with Crippen LogP contribution in [0.5, 0.6) is 0 Å². The van der Waals surface area contributed by atoms with Gasteiger partial charge in [0, 0.05) is 11.9 Å². The summed E-state index contributed by atoms with van der Waals surface area (Å²) in [5.41, 5.74) is 3.19. The van der Waals surface area contributed by atoms with Gasteiger partial charge in [-0.1, -0.05) is 12.1 Å². The van der Waals surface area contributed by atoms with Crippen LogP contribution in [0.3, 0.4) is 0 Å². The van der Waals surface area contributed by atoms with Crippen molar-refractivity contribution in [2.45, 2.75) is 30.6 Å². The average molecular weight is 387 g/mol. The summed E-state index contributed by atoms with van der Waals surface area (Å²) in [5.74, 6) is -1.09. The number of nitrogens with one attached hydrogen (secondary N) is 1. The number of hydrogen-bond acceptors (Lipinski definition) is 5. The lowest BCUT2D eigenvalue weighted by Crippen LogP contribution is -2.21. The molecule has 0 radical (unpaired) electrons. The van der Waals surface area contributed by atoms with Gasteiger partial charge in [-0.05, 0) is 67.1 Å². The number of carbonyl (C=O) groups excluding carboxylic acids is 2. The molecule has 6 nitrogen and oxygen atoms in total. The maximum atomic E-state index is 12.2. The average Bonchev–Trinajstić information content (AvgIpc) is 2.65. The number of benzene rings is 2. The number of anilines is 1. The Bertz CT molecular complexity index is 982. The summed E-state index contributed by atoms with van der Waals surface area (Å²) in [7, 11) is -3.37. The van der Waals surface area contributed by atoms with E-state index in [1.807, 2.05) is 12.1 Å². The van der Waals surface area contributed by atoms with Crippen molar-refractivity contribution in [1.29, 1.82) is 0 Å². The van der Waals surface area contributed by atoms with E-state index in [0.29, 0.717) is 11.3 Å². The van der Waals surface area contributed by atoms with Gasteiger partial charge in [-0.25, -0.2) is 13.2 Å². The molecule has 2 aromatic carbocycles. The highest BCUT2D eigenvalue weighted by Crippen LogP contribution is 2.22. The van der Waals surface area contributed by atoms with Crippen LogP contribution >= 0.6 is 0 Å². The first kappa shape index (κ1) is 19.1. The minimum atomic E-state index is -3.37. The van der Waals surface area contributed by atoms with Crippen LogP contribution in [0, 0.1) is 0 Å². The lowest BCUT2D eigenvalue weighted by molar-refractivity contribution is -0.119. The third-order valence-electron chi connectivity index (χ3n) is 4.46. The van der Waals surface area contributed by atoms with Crippen molar-refractivity contribution < 1.29 is 22.7 Å². The molecule has 2 aromatic rings. The summed E-state index contributed by atoms with van der Waals surface area (Å²) < 4.78 is 28.2. The topological polar surface area (TPSA) is 89.5 Å². The van der Waals surface area contributed by atoms with E-state index in [2.05, 4.69) is 5.32 Å². The van der Waals surface area contributed by atoms with E-state index < -0.39 is 28.3 Å². The molecule has 0 unspecified atom stereocenters. The molecule has 0 bridgehead atoms. The summed E-state index contributed by atoms with van der Waals surface area (Å²) in [6.07, 6.45) is 5.35. The molecule has 0 heterocycles. The molecule has 1 amide bonds. The summed E-state index contributed by atoms with van der Waals surface area (Å²) >= 11 is 0. The largest absolute Gasteiger partial charge is 0.452 e. The highest BCUT2D eigenvalue weighted by Gasteiger charge is 2.15. The van der Waals surface area contributed by atoms with Gasteiger partial charge >= 0.3 is 5.97 Å². The third-order valence-corrected chi connectivity index (χ3v) is 5.57. The van der Waals surface area contributed by atoms with Crippen molar-refractivity contribution in [2.75, 3.05) is 18.2 Å². The van der Waals surface area contributed by atoms with Gasteiger partial charge in [0.15, 0.2) is 16.4 Å². The monoisotopic (exact) mass is 387 g/mol. The lowest BCUT2D eigenvalue weighted by atomic mass is 9.90. The minimum Gasteiger partial charge on any atom is -0.452 e. The first-order chi connectivity index (χ1) is 12.8. The fourth-order valence-electron chi connectivity index (χ4n) is 3.08. The Balaban J connectivity index is 1.58. The van der Waals surface area contributed by atoms with Crippen LogP contribution in [0.2, 0.25) is 0 Å². The van der Waals surface area contributed by atoms with Crippen molar-refractivity contribution >= 4 is 27.4 Å². The number of carbonyl (C=O) groups is 2. The fourth-order valence-corrected chi connectivity index (χ4v) is 3.74. The van der Waals surface area contributed by atoms with Crippen LogP contribution in [0.25, 0.3) is 0 Å². The fraction of sp³-hybridized carbons (Fsp3) is 0.300. The smallest absolute Gasteiger partial charge is 0.338 e. The molecule has 0 spiro atoms. The molecule has 1 aliphatic carbocycles. The second-order valence-electron chi connectivity index (χ2n) is 6.61. The number of ether oxygens (including phenoxy) is 1. The number of amides is 1. The Kier molecular flexibility index (Phi) is 5.60. The predicted molar refractivity (Wildman–Crippen MR) is 102 cm³/mol. The van der Waals surface area contributed by atoms with Crippen molar-refractivity contribution in [1.82, 2.24) is 0 Å². The molecule has 3 rings (SSSR count). The predicted octanol–water partition coefficient (Wildman–Crippen LogP) is 2.76. The normalized spacial score (nSPS) is 13.5. The summed E-state index contributed by atoms with van der Waals surface area (Å²) in [6.45, 7) is -0.445. The molecule has 0 saturated carbocycles. The van der Waals surface area contributed by atoms with E-state index in [1.54, 1.807) is 12.1 Å². The molecule has 142 valence electrons. The van der Waals surface area contributed by atoms with Crippen LogP contribution in [-0.2, 0) is 32.2 Å². The Labute approximate surface area is 158 Å². The highest BCUT2D eigenvalue weighted by atomic mass is 32.2. The van der Waals surface area contributed by atoms with Crippen LogP contribution in [0.15, 0.2) is 47.4 Å². The molecule has 0 atom stereocenters. The molecular formula is C20H21NO5S. The zero-order chi connectivity index (χ0) is 19.4. The molecule has 7 heteroatoms. The molecule has 0 aliphatic heterocycles. The number of aryl methyl sites for hydroxylation is 2. The summed E-state index contributed by atoms with van der Waals surface area (Å²) in [4.78, 5) is 24.3. The Morgan fingerprint density at radius 1 is 1.04 bits per heavy atom. The minimum absolute atomic E-state index is 0.103. The summed E-state index contributed by atoms with van der Waals surface area (Å²) in [5, 5.41) is 2.53. The Morgan fingerprint density at radius 3 is 2.52 bits per heavy atom. The highest BCUT2D eigenvalue weighted by molar-refractivity contribution is 7.90. The van der Waals surface area contributed by atoms with E-state index >= 15 is 0 Å². The number of esters is 1. The van der Waals surface area contributed by atoms with Crippen molar-refractivity contribution in [3.63, 3.8) is 0 Å². The van der Waals surface area contributed by atoms with Crippen molar-refractivity contribution in [2.24, 2.45) is 0 Å². The van der Waals surface area contributed by atoms with E-state index in [9.17, 15) is 18.0 Å². The molecular weight excluding hydrogens is 366 g/mol. The van der Waals surface area contributed by atoms with E-state index in [0.717, 1.165) is 37.5 Å². The van der Waals surface area contributed by atoms with Crippen LogP contribution in [0.1, 0.15) is 34.3 Å². The van der Waals surface area contributed by atoms with E-state index in [4.69, 9.17) is 4.74 Å². The number of sulfone groups is 1. The van der Waals surface area contributed by atoms with Gasteiger partial charge in [0.2, 0.25) is 0 Å². The zero-order valence-electron chi connectivity index (χ0n) is 15.0. The number of hydrogen-bond donors (Lipinski definition) is 1. The number of rotatable bonds is 5. The van der Waals surface area contributed by atoms with Gasteiger partial charge in [0.05, 0.1) is 10.5 Å². The van der Waals surface area contributed by atoms with Gasteiger partial charge in [0.1, 0.15) is 0 Å². The SMILES string of the molecule is CS(=O)(=O)c1cccc(NC(=O)COC(=O)c2ccc3c(c2)CCCC3)c1. The number of fused-ring (bicyclic) bond motifs is 1. The van der Waals surface area contributed by atoms with Gasteiger partial charge in [0.25, 0.3) is 5.91 Å². The van der Waals surface area contributed by atoms with E-state index in [1.165, 1.54) is 23.8 Å². The molecule has 1 aliphatic rings. The maximum Gasteiger partial charge on any atom is 0.338 e. The maximum absolute atomic E-state index is 12.2. The molecule has 0 fully saturated rings. The zero-order valence-corrected chi connectivity index (χ0v) is 15.8. The first-order valence-electron chi connectivity index (χ1n) is 8.72. The van der Waals surface area contributed by atoms with Crippen LogP contribution in [0.4, 0.5) is 5.69 Å². The van der Waals surface area contributed by atoms with Gasteiger partial charge in [-0.3, -0.25) is 4.79 Å². The van der Waals surface area contributed by atoms with Crippen LogP contribution < -0.4 is 5.32 Å². The molecule has 0 saturated heterocycles. The van der Waals surface area contributed by atoms with Crippen molar-refractivity contribution in [3.05, 3.63) is 59.2 Å². The second kappa shape index (κ2) is 7.92. The van der Waals surface area contributed by atoms with Gasteiger partial charge in [-0.15, -0.1) is 0 Å². The molecule has 0 aromatic heterocycles. The van der Waals surface area contributed by atoms with Gasteiger partial charge in [-0.2, -0.15) is 0 Å².